The van der Waals surface area contributed by atoms with Crippen molar-refractivity contribution in [2.24, 2.45) is 0 Å². The van der Waals surface area contributed by atoms with Gasteiger partial charge in [-0.1, -0.05) is 35.4 Å². The molecular formula is C16H18ClNS. The van der Waals surface area contributed by atoms with Crippen LogP contribution < -0.4 is 5.32 Å². The molecule has 3 heteroatoms. The van der Waals surface area contributed by atoms with Crippen molar-refractivity contribution in [3.63, 3.8) is 0 Å². The molecule has 0 saturated carbocycles. The first-order chi connectivity index (χ1) is 9.15. The Balaban J connectivity index is 1.81. The average Bonchev–Trinajstić information content (AvgIpc) is 2.37. The molecule has 2 rings (SSSR count). The van der Waals surface area contributed by atoms with E-state index < -0.39 is 0 Å². The van der Waals surface area contributed by atoms with Crippen molar-refractivity contribution in [1.29, 1.82) is 0 Å². The minimum atomic E-state index is 0.770. The van der Waals surface area contributed by atoms with Gasteiger partial charge in [-0.2, -0.15) is 0 Å². The Labute approximate surface area is 124 Å². The van der Waals surface area contributed by atoms with Crippen LogP contribution in [0.1, 0.15) is 11.1 Å². The van der Waals surface area contributed by atoms with Crippen molar-refractivity contribution >= 4 is 29.1 Å². The third-order valence-corrected chi connectivity index (χ3v) is 4.26. The molecule has 0 spiro atoms. The molecule has 100 valence electrons. The van der Waals surface area contributed by atoms with E-state index in [1.807, 2.05) is 36.0 Å². The molecule has 1 nitrogen and oxygen atoms in total. The van der Waals surface area contributed by atoms with Crippen LogP contribution in [0.25, 0.3) is 0 Å². The van der Waals surface area contributed by atoms with Crippen LogP contribution in [-0.2, 0) is 0 Å². The molecule has 0 heterocycles. The van der Waals surface area contributed by atoms with Crippen LogP contribution in [0, 0.1) is 13.8 Å². The first-order valence-corrected chi connectivity index (χ1v) is 7.71. The van der Waals surface area contributed by atoms with Crippen molar-refractivity contribution in [1.82, 2.24) is 0 Å². The molecule has 0 unspecified atom stereocenters. The molecule has 0 aliphatic carbocycles. The van der Waals surface area contributed by atoms with Crippen molar-refractivity contribution in [2.45, 2.75) is 18.7 Å². The summed E-state index contributed by atoms with van der Waals surface area (Å²) in [5.74, 6) is 1.04. The van der Waals surface area contributed by atoms with E-state index in [9.17, 15) is 0 Å². The Bertz CT molecular complexity index is 554. The highest BCUT2D eigenvalue weighted by atomic mass is 35.5. The van der Waals surface area contributed by atoms with E-state index in [2.05, 4.69) is 37.4 Å². The van der Waals surface area contributed by atoms with E-state index in [0.29, 0.717) is 0 Å². The molecule has 0 saturated heterocycles. The summed E-state index contributed by atoms with van der Waals surface area (Å²) in [7, 11) is 0. The number of rotatable bonds is 5. The summed E-state index contributed by atoms with van der Waals surface area (Å²) in [6.45, 7) is 5.22. The molecule has 0 radical (unpaired) electrons. The second-order valence-corrected chi connectivity index (χ2v) is 6.13. The van der Waals surface area contributed by atoms with Crippen LogP contribution in [0.4, 0.5) is 5.69 Å². The summed E-state index contributed by atoms with van der Waals surface area (Å²) in [5.41, 5.74) is 3.75. The molecule has 2 aromatic rings. The second-order valence-electron chi connectivity index (χ2n) is 4.55. The molecule has 2 aromatic carbocycles. The quantitative estimate of drug-likeness (QED) is 0.603. The van der Waals surface area contributed by atoms with Crippen LogP contribution >= 0.6 is 23.4 Å². The fourth-order valence-electron chi connectivity index (χ4n) is 1.92. The van der Waals surface area contributed by atoms with Gasteiger partial charge in [0.25, 0.3) is 0 Å². The summed E-state index contributed by atoms with van der Waals surface area (Å²) in [5, 5.41) is 4.15. The first kappa shape index (κ1) is 14.3. The Kier molecular flexibility index (Phi) is 5.17. The molecule has 1 N–H and O–H groups in total. The van der Waals surface area contributed by atoms with Crippen LogP contribution in [0.2, 0.25) is 5.02 Å². The molecular weight excluding hydrogens is 274 g/mol. The molecule has 0 amide bonds. The van der Waals surface area contributed by atoms with Crippen molar-refractivity contribution in [3.05, 3.63) is 58.6 Å². The second kappa shape index (κ2) is 6.88. The van der Waals surface area contributed by atoms with Gasteiger partial charge in [-0.3, -0.25) is 0 Å². The Morgan fingerprint density at radius 3 is 2.68 bits per heavy atom. The maximum absolute atomic E-state index is 5.94. The minimum absolute atomic E-state index is 0.770. The maximum Gasteiger partial charge on any atom is 0.0426 e. The van der Waals surface area contributed by atoms with Gasteiger partial charge in [0.1, 0.15) is 0 Å². The number of hydrogen-bond donors (Lipinski definition) is 1. The number of nitrogens with one attached hydrogen (secondary N) is 1. The largest absolute Gasteiger partial charge is 0.384 e. The third-order valence-electron chi connectivity index (χ3n) is 2.84. The van der Waals surface area contributed by atoms with Gasteiger partial charge < -0.3 is 5.32 Å². The fraction of sp³-hybridized carbons (Fsp3) is 0.250. The Morgan fingerprint density at radius 1 is 1.11 bits per heavy atom. The molecule has 0 aliphatic heterocycles. The summed E-state index contributed by atoms with van der Waals surface area (Å²) in [6, 6.07) is 14.4. The van der Waals surface area contributed by atoms with Crippen molar-refractivity contribution in [3.8, 4) is 0 Å². The number of aryl methyl sites for hydroxylation is 2. The molecule has 0 bridgehead atoms. The average molecular weight is 292 g/mol. The van der Waals surface area contributed by atoms with E-state index in [1.165, 1.54) is 16.0 Å². The van der Waals surface area contributed by atoms with Crippen LogP contribution in [0.15, 0.2) is 47.4 Å². The van der Waals surface area contributed by atoms with Gasteiger partial charge in [0.15, 0.2) is 0 Å². The van der Waals surface area contributed by atoms with E-state index >= 15 is 0 Å². The van der Waals surface area contributed by atoms with Gasteiger partial charge in [0.2, 0.25) is 0 Å². The zero-order valence-corrected chi connectivity index (χ0v) is 12.8. The number of benzene rings is 2. The Morgan fingerprint density at radius 2 is 1.95 bits per heavy atom. The zero-order valence-electron chi connectivity index (χ0n) is 11.2. The van der Waals surface area contributed by atoms with E-state index in [-0.39, 0.29) is 0 Å². The van der Waals surface area contributed by atoms with Crippen LogP contribution in [0.3, 0.4) is 0 Å². The van der Waals surface area contributed by atoms with Gasteiger partial charge in [-0.15, -0.1) is 11.8 Å². The molecule has 0 aromatic heterocycles. The lowest BCUT2D eigenvalue weighted by atomic mass is 10.2. The lowest BCUT2D eigenvalue weighted by Crippen LogP contribution is -2.03. The van der Waals surface area contributed by atoms with E-state index in [0.717, 1.165) is 23.0 Å². The number of thioether (sulfide) groups is 1. The number of hydrogen-bond acceptors (Lipinski definition) is 2. The number of anilines is 1. The summed E-state index contributed by atoms with van der Waals surface area (Å²) < 4.78 is 0. The highest BCUT2D eigenvalue weighted by Crippen LogP contribution is 2.23. The Hall–Kier alpha value is -1.12. The smallest absolute Gasteiger partial charge is 0.0426 e. The highest BCUT2D eigenvalue weighted by molar-refractivity contribution is 7.99. The summed E-state index contributed by atoms with van der Waals surface area (Å²) in [4.78, 5) is 1.36. The lowest BCUT2D eigenvalue weighted by molar-refractivity contribution is 1.21. The van der Waals surface area contributed by atoms with Gasteiger partial charge >= 0.3 is 0 Å². The predicted octanol–water partition coefficient (Wildman–Crippen LogP) is 5.16. The highest BCUT2D eigenvalue weighted by Gasteiger charge is 1.99. The van der Waals surface area contributed by atoms with Gasteiger partial charge in [-0.05, 0) is 43.7 Å². The van der Waals surface area contributed by atoms with Crippen molar-refractivity contribution in [2.75, 3.05) is 17.6 Å². The van der Waals surface area contributed by atoms with E-state index in [1.54, 1.807) is 0 Å². The monoisotopic (exact) mass is 291 g/mol. The summed E-state index contributed by atoms with van der Waals surface area (Å²) >= 11 is 7.83. The minimum Gasteiger partial charge on any atom is -0.384 e. The van der Waals surface area contributed by atoms with Gasteiger partial charge in [0, 0.05) is 27.9 Å². The lowest BCUT2D eigenvalue weighted by Gasteiger charge is -2.08. The fourth-order valence-corrected chi connectivity index (χ4v) is 2.98. The van der Waals surface area contributed by atoms with Gasteiger partial charge in [0.05, 0.1) is 0 Å². The first-order valence-electron chi connectivity index (χ1n) is 6.34. The van der Waals surface area contributed by atoms with Crippen LogP contribution in [0.5, 0.6) is 0 Å². The molecule has 19 heavy (non-hydrogen) atoms. The molecule has 0 atom stereocenters. The summed E-state index contributed by atoms with van der Waals surface area (Å²) in [6.07, 6.45) is 0. The maximum atomic E-state index is 5.94. The standard InChI is InChI=1S/C16H18ClNS/c1-12-6-7-16(13(2)10-12)19-9-8-18-15-5-3-4-14(17)11-15/h3-7,10-11,18H,8-9H2,1-2H3. The third kappa shape index (κ3) is 4.48. The van der Waals surface area contributed by atoms with Crippen LogP contribution in [-0.4, -0.2) is 12.3 Å². The van der Waals surface area contributed by atoms with Crippen molar-refractivity contribution < 1.29 is 0 Å². The van der Waals surface area contributed by atoms with Gasteiger partial charge in [-0.25, -0.2) is 0 Å². The predicted molar refractivity (Wildman–Crippen MR) is 86.6 cm³/mol. The molecule has 0 aliphatic rings. The topological polar surface area (TPSA) is 12.0 Å². The SMILES string of the molecule is Cc1ccc(SCCNc2cccc(Cl)c2)c(C)c1. The van der Waals surface area contributed by atoms with E-state index in [4.69, 9.17) is 11.6 Å². The zero-order chi connectivity index (χ0) is 13.7. The normalized spacial score (nSPS) is 10.5. The molecule has 0 fully saturated rings. The number of halogens is 1.